The molecule has 4 aromatic carbocycles. The van der Waals surface area contributed by atoms with Crippen molar-refractivity contribution in [2.45, 2.75) is 63.9 Å². The summed E-state index contributed by atoms with van der Waals surface area (Å²) in [5, 5.41) is 7.92. The van der Waals surface area contributed by atoms with Crippen molar-refractivity contribution >= 4 is 51.9 Å². The van der Waals surface area contributed by atoms with E-state index < -0.39 is 11.5 Å². The van der Waals surface area contributed by atoms with Crippen molar-refractivity contribution in [2.24, 2.45) is 11.5 Å². The second-order valence-corrected chi connectivity index (χ2v) is 13.1. The summed E-state index contributed by atoms with van der Waals surface area (Å²) in [6.45, 7) is 9.20. The number of carbonyl (C=O) groups is 3. The summed E-state index contributed by atoms with van der Waals surface area (Å²) in [5.41, 5.74) is 14.0. The Morgan fingerprint density at radius 2 is 1.17 bits per heavy atom. The second kappa shape index (κ2) is 15.0. The summed E-state index contributed by atoms with van der Waals surface area (Å²) >= 11 is 0. The van der Waals surface area contributed by atoms with E-state index >= 15 is 0 Å². The summed E-state index contributed by atoms with van der Waals surface area (Å²) in [7, 11) is 0. The van der Waals surface area contributed by atoms with Gasteiger partial charge in [-0.2, -0.15) is 0 Å². The zero-order valence-corrected chi connectivity index (χ0v) is 27.7. The number of halogens is 1. The maximum atomic E-state index is 12.2. The lowest BCUT2D eigenvalue weighted by Crippen LogP contribution is -2.41. The summed E-state index contributed by atoms with van der Waals surface area (Å²) in [6.07, 6.45) is 3.92. The molecule has 2 heterocycles. The molecule has 2 aliphatic rings. The fourth-order valence-corrected chi connectivity index (χ4v) is 6.47. The lowest BCUT2D eigenvalue weighted by Gasteiger charge is -2.34. The number of likely N-dealkylation sites (tertiary alicyclic amines) is 1. The lowest BCUT2D eigenvalue weighted by molar-refractivity contribution is 0.0205. The van der Waals surface area contributed by atoms with E-state index in [0.717, 1.165) is 42.1 Å². The van der Waals surface area contributed by atoms with Gasteiger partial charge in [-0.05, 0) is 128 Å². The van der Waals surface area contributed by atoms with Crippen LogP contribution in [0, 0.1) is 0 Å². The van der Waals surface area contributed by atoms with E-state index in [1.807, 2.05) is 69.3 Å². The first-order chi connectivity index (χ1) is 21.5. The number of nitrogens with two attached hydrogens (primary N) is 2. The van der Waals surface area contributed by atoms with Gasteiger partial charge >= 0.3 is 6.09 Å². The molecule has 0 saturated carbocycles. The number of hydrogen-bond acceptors (Lipinski definition) is 5. The number of nitrogens with one attached hydrogen (secondary N) is 1. The zero-order chi connectivity index (χ0) is 32.1. The number of amides is 3. The largest absolute Gasteiger partial charge is 0.444 e. The fraction of sp³-hybridized carbons (Fsp3) is 0.378. The number of primary amides is 2. The van der Waals surface area contributed by atoms with Crippen molar-refractivity contribution in [3.05, 3.63) is 95.1 Å². The molecule has 2 fully saturated rings. The number of hydrogen-bond donors (Lipinski definition) is 3. The Kier molecular flexibility index (Phi) is 11.3. The van der Waals surface area contributed by atoms with Crippen LogP contribution in [-0.2, 0) is 4.74 Å². The standard InChI is InChI=1S/C21H26N2O3.C16H18N2O.ClH/c1-21(2,3)26-20(25)23-11-9-14(10-12-23)17-6-4-5-15-13-16(19(22)24)7-8-18(15)17;17-16(19)13-4-5-15-12(10-13)2-1-3-14(15)11-6-8-18-9-7-11;/h4-8,13-14H,9-12H2,1-3H3,(H2,22,24);1-5,10-11,18H,6-9H2,(H2,17,19);1H. The Morgan fingerprint density at radius 3 is 1.61 bits per heavy atom. The molecule has 3 amide bonds. The molecule has 244 valence electrons. The quantitative estimate of drug-likeness (QED) is 0.223. The first kappa shape index (κ1) is 34.7. The Morgan fingerprint density at radius 1 is 0.717 bits per heavy atom. The molecular weight excluding hydrogens is 600 g/mol. The van der Waals surface area contributed by atoms with E-state index in [-0.39, 0.29) is 24.4 Å². The first-order valence-electron chi connectivity index (χ1n) is 15.8. The monoisotopic (exact) mass is 644 g/mol. The highest BCUT2D eigenvalue weighted by molar-refractivity contribution is 5.99. The average molecular weight is 645 g/mol. The Labute approximate surface area is 277 Å². The van der Waals surface area contributed by atoms with Gasteiger partial charge in [-0.25, -0.2) is 4.79 Å². The van der Waals surface area contributed by atoms with Gasteiger partial charge < -0.3 is 26.4 Å². The molecule has 5 N–H and O–H groups in total. The van der Waals surface area contributed by atoms with Gasteiger partial charge in [0, 0.05) is 24.2 Å². The van der Waals surface area contributed by atoms with Crippen LogP contribution in [-0.4, -0.2) is 54.6 Å². The van der Waals surface area contributed by atoms with Crippen LogP contribution in [0.25, 0.3) is 21.5 Å². The van der Waals surface area contributed by atoms with Crippen LogP contribution in [0.1, 0.15) is 90.1 Å². The predicted molar refractivity (Wildman–Crippen MR) is 187 cm³/mol. The molecule has 0 atom stereocenters. The van der Waals surface area contributed by atoms with E-state index in [2.05, 4.69) is 23.5 Å². The number of carbonyl (C=O) groups excluding carboxylic acids is 3. The van der Waals surface area contributed by atoms with Crippen molar-refractivity contribution < 1.29 is 19.1 Å². The third-order valence-corrected chi connectivity index (χ3v) is 8.76. The van der Waals surface area contributed by atoms with Crippen molar-refractivity contribution in [1.29, 1.82) is 0 Å². The molecule has 9 heteroatoms. The lowest BCUT2D eigenvalue weighted by atomic mass is 9.86. The minimum Gasteiger partial charge on any atom is -0.444 e. The Bertz CT molecular complexity index is 1700. The van der Waals surface area contributed by atoms with Crippen molar-refractivity contribution in [3.63, 3.8) is 0 Å². The van der Waals surface area contributed by atoms with E-state index in [1.165, 1.54) is 29.4 Å². The minimum atomic E-state index is -0.471. The third kappa shape index (κ3) is 8.36. The zero-order valence-electron chi connectivity index (χ0n) is 26.9. The molecule has 0 unspecified atom stereocenters. The highest BCUT2D eigenvalue weighted by atomic mass is 35.5. The van der Waals surface area contributed by atoms with Crippen molar-refractivity contribution in [3.8, 4) is 0 Å². The van der Waals surface area contributed by atoms with Gasteiger partial charge in [-0.15, -0.1) is 12.4 Å². The van der Waals surface area contributed by atoms with Crippen LogP contribution in [0.2, 0.25) is 0 Å². The van der Waals surface area contributed by atoms with Gasteiger partial charge in [-0.3, -0.25) is 9.59 Å². The van der Waals surface area contributed by atoms with Gasteiger partial charge in [0.15, 0.2) is 0 Å². The average Bonchev–Trinajstić information content (AvgIpc) is 3.03. The van der Waals surface area contributed by atoms with Gasteiger partial charge in [-0.1, -0.05) is 48.5 Å². The maximum absolute atomic E-state index is 12.2. The SMILES string of the molecule is CC(C)(C)OC(=O)N1CCC(c2cccc3cc(C(N)=O)ccc23)CC1.Cl.NC(=O)c1ccc2c(C3CCNCC3)cccc2c1. The molecule has 46 heavy (non-hydrogen) atoms. The molecule has 0 bridgehead atoms. The van der Waals surface area contributed by atoms with Crippen LogP contribution >= 0.6 is 12.4 Å². The molecule has 0 aliphatic carbocycles. The summed E-state index contributed by atoms with van der Waals surface area (Å²) in [5.74, 6) is 0.221. The van der Waals surface area contributed by atoms with Crippen LogP contribution in [0.4, 0.5) is 4.79 Å². The van der Waals surface area contributed by atoms with Crippen LogP contribution in [0.15, 0.2) is 72.8 Å². The third-order valence-electron chi connectivity index (χ3n) is 8.76. The van der Waals surface area contributed by atoms with Crippen LogP contribution in [0.3, 0.4) is 0 Å². The smallest absolute Gasteiger partial charge is 0.410 e. The minimum absolute atomic E-state index is 0. The molecule has 2 aliphatic heterocycles. The number of fused-ring (bicyclic) bond motifs is 2. The number of ether oxygens (including phenoxy) is 1. The van der Waals surface area contributed by atoms with Crippen molar-refractivity contribution in [1.82, 2.24) is 10.2 Å². The highest BCUT2D eigenvalue weighted by Gasteiger charge is 2.28. The van der Waals surface area contributed by atoms with E-state index in [0.29, 0.717) is 36.1 Å². The molecule has 0 spiro atoms. The van der Waals surface area contributed by atoms with E-state index in [9.17, 15) is 14.4 Å². The number of nitrogens with zero attached hydrogens (tertiary/aromatic N) is 1. The van der Waals surface area contributed by atoms with E-state index in [4.69, 9.17) is 16.2 Å². The summed E-state index contributed by atoms with van der Waals surface area (Å²) in [4.78, 5) is 36.7. The predicted octanol–water partition coefficient (Wildman–Crippen LogP) is 6.88. The maximum Gasteiger partial charge on any atom is 0.410 e. The van der Waals surface area contributed by atoms with Crippen LogP contribution < -0.4 is 16.8 Å². The number of piperidine rings is 2. The second-order valence-electron chi connectivity index (χ2n) is 13.1. The summed E-state index contributed by atoms with van der Waals surface area (Å²) < 4.78 is 5.47. The van der Waals surface area contributed by atoms with Crippen molar-refractivity contribution in [2.75, 3.05) is 26.2 Å². The first-order valence-corrected chi connectivity index (χ1v) is 15.8. The Balaban J connectivity index is 0.000000213. The van der Waals surface area contributed by atoms with Crippen LogP contribution in [0.5, 0.6) is 0 Å². The topological polar surface area (TPSA) is 128 Å². The van der Waals surface area contributed by atoms with Gasteiger partial charge in [0.05, 0.1) is 0 Å². The highest BCUT2D eigenvalue weighted by Crippen LogP contribution is 2.34. The molecule has 8 nitrogen and oxygen atoms in total. The number of benzene rings is 4. The fourth-order valence-electron chi connectivity index (χ4n) is 6.47. The molecule has 0 aromatic heterocycles. The van der Waals surface area contributed by atoms with E-state index in [1.54, 1.807) is 11.0 Å². The summed E-state index contributed by atoms with van der Waals surface area (Å²) in [6, 6.07) is 23.8. The molecule has 2 saturated heterocycles. The van der Waals surface area contributed by atoms with Gasteiger partial charge in [0.1, 0.15) is 5.60 Å². The van der Waals surface area contributed by atoms with Gasteiger partial charge in [0.2, 0.25) is 11.8 Å². The molecule has 6 rings (SSSR count). The molecular formula is C37H45ClN4O4. The normalized spacial score (nSPS) is 15.8. The molecule has 4 aromatic rings. The van der Waals surface area contributed by atoms with Gasteiger partial charge in [0.25, 0.3) is 0 Å². The Hall–Kier alpha value is -4.14. The number of rotatable bonds is 4. The molecule has 0 radical (unpaired) electrons.